The van der Waals surface area contributed by atoms with Crippen molar-refractivity contribution in [1.82, 2.24) is 5.32 Å². The molecule has 1 amide bonds. The van der Waals surface area contributed by atoms with E-state index in [1.807, 2.05) is 25.1 Å². The number of nitrogens with one attached hydrogen (secondary N) is 2. The molecule has 1 aliphatic heterocycles. The van der Waals surface area contributed by atoms with Gasteiger partial charge < -0.3 is 15.4 Å². The molecule has 0 radical (unpaired) electrons. The van der Waals surface area contributed by atoms with Gasteiger partial charge in [-0.05, 0) is 43.5 Å². The third-order valence-electron chi connectivity index (χ3n) is 3.55. The zero-order valence-corrected chi connectivity index (χ0v) is 11.8. The zero-order valence-electron chi connectivity index (χ0n) is 11.8. The van der Waals surface area contributed by atoms with Crippen molar-refractivity contribution in [2.75, 3.05) is 25.5 Å². The maximum atomic E-state index is 12.3. The first-order valence-electron chi connectivity index (χ1n) is 6.76. The minimum absolute atomic E-state index is 0.0361. The molecule has 0 aliphatic carbocycles. The maximum absolute atomic E-state index is 12.3. The molecule has 0 bridgehead atoms. The van der Waals surface area contributed by atoms with Gasteiger partial charge in [-0.25, -0.2) is 0 Å². The summed E-state index contributed by atoms with van der Waals surface area (Å²) in [6.45, 7) is 5.92. The van der Waals surface area contributed by atoms with E-state index in [9.17, 15) is 4.79 Å². The molecule has 104 valence electrons. The van der Waals surface area contributed by atoms with Crippen LogP contribution in [0.4, 0.5) is 5.69 Å². The van der Waals surface area contributed by atoms with Crippen LogP contribution >= 0.6 is 0 Å². The van der Waals surface area contributed by atoms with Crippen molar-refractivity contribution >= 4 is 11.6 Å². The number of aryl methyl sites for hydroxylation is 1. The van der Waals surface area contributed by atoms with Crippen molar-refractivity contribution in [2.24, 2.45) is 11.8 Å². The van der Waals surface area contributed by atoms with Gasteiger partial charge >= 0.3 is 0 Å². The van der Waals surface area contributed by atoms with Crippen LogP contribution in [0.15, 0.2) is 18.2 Å². The number of benzene rings is 1. The quantitative estimate of drug-likeness (QED) is 0.878. The molecule has 4 nitrogen and oxygen atoms in total. The minimum Gasteiger partial charge on any atom is -0.495 e. The smallest absolute Gasteiger partial charge is 0.228 e. The second-order valence-corrected chi connectivity index (χ2v) is 5.39. The van der Waals surface area contributed by atoms with Gasteiger partial charge in [0.25, 0.3) is 0 Å². The summed E-state index contributed by atoms with van der Waals surface area (Å²) in [5, 5.41) is 6.29. The summed E-state index contributed by atoms with van der Waals surface area (Å²) in [6.07, 6.45) is 0.937. The number of carbonyl (C=O) groups excluding carboxylic acids is 1. The lowest BCUT2D eigenvalue weighted by Gasteiger charge is -2.27. The zero-order chi connectivity index (χ0) is 13.8. The molecule has 1 aromatic rings. The number of carbonyl (C=O) groups is 1. The molecule has 0 aromatic heterocycles. The summed E-state index contributed by atoms with van der Waals surface area (Å²) in [4.78, 5) is 12.3. The molecule has 0 saturated carbocycles. The van der Waals surface area contributed by atoms with Gasteiger partial charge in [0.1, 0.15) is 5.75 Å². The number of methoxy groups -OCH3 is 1. The Morgan fingerprint density at radius 2 is 2.21 bits per heavy atom. The predicted octanol–water partition coefficient (Wildman–Crippen LogP) is 2.19. The average molecular weight is 262 g/mol. The third kappa shape index (κ3) is 3.47. The van der Waals surface area contributed by atoms with Crippen molar-refractivity contribution in [1.29, 1.82) is 0 Å². The molecule has 2 rings (SSSR count). The number of amides is 1. The first-order valence-corrected chi connectivity index (χ1v) is 6.76. The van der Waals surface area contributed by atoms with Crippen LogP contribution in [0, 0.1) is 18.8 Å². The summed E-state index contributed by atoms with van der Waals surface area (Å²) in [5.41, 5.74) is 1.86. The molecule has 2 N–H and O–H groups in total. The second kappa shape index (κ2) is 6.06. The van der Waals surface area contributed by atoms with Crippen molar-refractivity contribution in [3.8, 4) is 5.75 Å². The molecular weight excluding hydrogens is 240 g/mol. The van der Waals surface area contributed by atoms with Gasteiger partial charge in [-0.2, -0.15) is 0 Å². The number of ether oxygens (including phenoxy) is 1. The normalized spacial score (nSPS) is 22.9. The fourth-order valence-corrected chi connectivity index (χ4v) is 2.51. The van der Waals surface area contributed by atoms with Crippen LogP contribution < -0.4 is 15.4 Å². The minimum atomic E-state index is 0.0361. The number of anilines is 1. The summed E-state index contributed by atoms with van der Waals surface area (Å²) >= 11 is 0. The van der Waals surface area contributed by atoms with Crippen LogP contribution in [0.5, 0.6) is 5.75 Å². The summed E-state index contributed by atoms with van der Waals surface area (Å²) in [5.74, 6) is 1.36. The average Bonchev–Trinajstić information content (AvgIpc) is 2.39. The van der Waals surface area contributed by atoms with Gasteiger partial charge in [-0.3, -0.25) is 4.79 Å². The van der Waals surface area contributed by atoms with E-state index in [4.69, 9.17) is 4.74 Å². The molecular formula is C15H22N2O2. The Balaban J connectivity index is 2.07. The lowest BCUT2D eigenvalue weighted by atomic mass is 9.91. The SMILES string of the molecule is COc1ccc(C)cc1NC(=O)C1CNCC(C)C1. The van der Waals surface area contributed by atoms with E-state index < -0.39 is 0 Å². The van der Waals surface area contributed by atoms with Gasteiger partial charge in [0.05, 0.1) is 18.7 Å². The highest BCUT2D eigenvalue weighted by atomic mass is 16.5. The first kappa shape index (κ1) is 13.9. The molecule has 1 saturated heterocycles. The van der Waals surface area contributed by atoms with Gasteiger partial charge in [-0.15, -0.1) is 0 Å². The van der Waals surface area contributed by atoms with E-state index in [-0.39, 0.29) is 11.8 Å². The highest BCUT2D eigenvalue weighted by Crippen LogP contribution is 2.26. The molecule has 1 aromatic carbocycles. The van der Waals surface area contributed by atoms with E-state index in [2.05, 4.69) is 17.6 Å². The lowest BCUT2D eigenvalue weighted by Crippen LogP contribution is -2.40. The molecule has 1 fully saturated rings. The highest BCUT2D eigenvalue weighted by molar-refractivity contribution is 5.94. The first-order chi connectivity index (χ1) is 9.10. The third-order valence-corrected chi connectivity index (χ3v) is 3.55. The van der Waals surface area contributed by atoms with Crippen LogP contribution in [0.1, 0.15) is 18.9 Å². The Bertz CT molecular complexity index is 459. The van der Waals surface area contributed by atoms with Crippen LogP contribution in [0.2, 0.25) is 0 Å². The molecule has 0 spiro atoms. The largest absolute Gasteiger partial charge is 0.495 e. The summed E-state index contributed by atoms with van der Waals surface area (Å²) < 4.78 is 5.28. The van der Waals surface area contributed by atoms with Crippen molar-refractivity contribution in [2.45, 2.75) is 20.3 Å². The Morgan fingerprint density at radius 3 is 2.89 bits per heavy atom. The van der Waals surface area contributed by atoms with Crippen LogP contribution in [-0.2, 0) is 4.79 Å². The van der Waals surface area contributed by atoms with Crippen LogP contribution in [-0.4, -0.2) is 26.1 Å². The molecule has 2 atom stereocenters. The van der Waals surface area contributed by atoms with Gasteiger partial charge in [0.15, 0.2) is 0 Å². The number of rotatable bonds is 3. The molecule has 19 heavy (non-hydrogen) atoms. The van der Waals surface area contributed by atoms with Crippen LogP contribution in [0.3, 0.4) is 0 Å². The summed E-state index contributed by atoms with van der Waals surface area (Å²) in [6, 6.07) is 5.79. The topological polar surface area (TPSA) is 50.4 Å². The molecule has 1 aliphatic rings. The fraction of sp³-hybridized carbons (Fsp3) is 0.533. The van der Waals surface area contributed by atoms with E-state index in [1.165, 1.54) is 0 Å². The Hall–Kier alpha value is -1.55. The van der Waals surface area contributed by atoms with E-state index >= 15 is 0 Å². The van der Waals surface area contributed by atoms with E-state index in [0.717, 1.165) is 30.8 Å². The molecule has 4 heteroatoms. The Kier molecular flexibility index (Phi) is 4.43. The van der Waals surface area contributed by atoms with Gasteiger partial charge in [0.2, 0.25) is 5.91 Å². The Morgan fingerprint density at radius 1 is 1.42 bits per heavy atom. The molecule has 1 heterocycles. The van der Waals surface area contributed by atoms with Crippen molar-refractivity contribution in [3.63, 3.8) is 0 Å². The maximum Gasteiger partial charge on any atom is 0.228 e. The van der Waals surface area contributed by atoms with Crippen LogP contribution in [0.25, 0.3) is 0 Å². The number of piperidine rings is 1. The highest BCUT2D eigenvalue weighted by Gasteiger charge is 2.25. The lowest BCUT2D eigenvalue weighted by molar-refractivity contribution is -0.120. The monoisotopic (exact) mass is 262 g/mol. The van der Waals surface area contributed by atoms with Crippen molar-refractivity contribution < 1.29 is 9.53 Å². The van der Waals surface area contributed by atoms with Crippen molar-refractivity contribution in [3.05, 3.63) is 23.8 Å². The Labute approximate surface area is 114 Å². The van der Waals surface area contributed by atoms with Gasteiger partial charge in [0, 0.05) is 6.54 Å². The second-order valence-electron chi connectivity index (χ2n) is 5.39. The van der Waals surface area contributed by atoms with Gasteiger partial charge in [-0.1, -0.05) is 13.0 Å². The van der Waals surface area contributed by atoms with E-state index in [0.29, 0.717) is 11.7 Å². The standard InChI is InChI=1S/C15H22N2O2/c1-10-4-5-14(19-3)13(7-10)17-15(18)12-6-11(2)8-16-9-12/h4-5,7,11-12,16H,6,8-9H2,1-3H3,(H,17,18). The number of hydrogen-bond acceptors (Lipinski definition) is 3. The molecule has 2 unspecified atom stereocenters. The summed E-state index contributed by atoms with van der Waals surface area (Å²) in [7, 11) is 1.62. The predicted molar refractivity (Wildman–Crippen MR) is 76.5 cm³/mol. The fourth-order valence-electron chi connectivity index (χ4n) is 2.51. The number of hydrogen-bond donors (Lipinski definition) is 2. The van der Waals surface area contributed by atoms with E-state index in [1.54, 1.807) is 7.11 Å².